The van der Waals surface area contributed by atoms with Gasteiger partial charge in [0.05, 0.1) is 0 Å². The fraction of sp³-hybridized carbons (Fsp3) is 1.00. The van der Waals surface area contributed by atoms with Crippen molar-refractivity contribution in [1.82, 2.24) is 5.32 Å². The van der Waals surface area contributed by atoms with Gasteiger partial charge in [0.15, 0.2) is 0 Å². The molecule has 2 heteroatoms. The van der Waals surface area contributed by atoms with Gasteiger partial charge in [-0.2, -0.15) is 0 Å². The van der Waals surface area contributed by atoms with Gasteiger partial charge in [0.25, 0.3) is 0 Å². The van der Waals surface area contributed by atoms with Crippen molar-refractivity contribution < 1.29 is 0 Å². The minimum atomic E-state index is -0.306. The Balaban J connectivity index is 3.80. The third-order valence-corrected chi connectivity index (χ3v) is 7.65. The van der Waals surface area contributed by atoms with Gasteiger partial charge < -0.3 is 5.32 Å². The second-order valence-corrected chi connectivity index (χ2v) is 8.48. The largest absolute Gasteiger partial charge is 0.320 e. The van der Waals surface area contributed by atoms with Crippen LogP contribution in [0, 0.1) is 0 Å². The molecule has 0 fully saturated rings. The Morgan fingerprint density at radius 3 is 2.25 bits per heavy atom. The van der Waals surface area contributed by atoms with E-state index >= 15 is 0 Å². The van der Waals surface area contributed by atoms with Crippen LogP contribution in [0.4, 0.5) is 0 Å². The highest BCUT2D eigenvalue weighted by Crippen LogP contribution is 2.48. The van der Waals surface area contributed by atoms with Crippen molar-refractivity contribution in [1.29, 1.82) is 0 Å². The van der Waals surface area contributed by atoms with Gasteiger partial charge in [-0.25, -0.2) is 10.0 Å². The maximum atomic E-state index is 3.22. The van der Waals surface area contributed by atoms with E-state index in [1.165, 1.54) is 24.5 Å². The second kappa shape index (κ2) is 5.87. The molecule has 0 saturated heterocycles. The first-order valence-corrected chi connectivity index (χ1v) is 7.38. The molecule has 76 valence electrons. The molecule has 0 aliphatic carbocycles. The lowest BCUT2D eigenvalue weighted by Crippen LogP contribution is -2.19. The molecule has 0 aromatic rings. The lowest BCUT2D eigenvalue weighted by atomic mass is 10.5. The first-order valence-electron chi connectivity index (χ1n) is 4.94. The second-order valence-electron chi connectivity index (χ2n) is 3.85. The SMILES string of the molecule is CCS(C)(CCCNC)C(C)C. The van der Waals surface area contributed by atoms with Gasteiger partial charge in [0.2, 0.25) is 0 Å². The van der Waals surface area contributed by atoms with Gasteiger partial charge in [0, 0.05) is 0 Å². The summed E-state index contributed by atoms with van der Waals surface area (Å²) in [5, 5.41) is 4.10. The summed E-state index contributed by atoms with van der Waals surface area (Å²) in [4.78, 5) is 0. The molecule has 0 aromatic heterocycles. The fourth-order valence-corrected chi connectivity index (χ4v) is 3.52. The third-order valence-electron chi connectivity index (χ3n) is 2.83. The lowest BCUT2D eigenvalue weighted by Gasteiger charge is -2.39. The molecule has 0 amide bonds. The minimum absolute atomic E-state index is 0.306. The van der Waals surface area contributed by atoms with Crippen LogP contribution in [0.2, 0.25) is 0 Å². The van der Waals surface area contributed by atoms with Crippen LogP contribution in [0.1, 0.15) is 27.2 Å². The highest BCUT2D eigenvalue weighted by Gasteiger charge is 2.18. The van der Waals surface area contributed by atoms with E-state index in [9.17, 15) is 0 Å². The Kier molecular flexibility index (Phi) is 6.02. The van der Waals surface area contributed by atoms with Crippen LogP contribution >= 0.6 is 10.0 Å². The van der Waals surface area contributed by atoms with Crippen LogP contribution in [0.3, 0.4) is 0 Å². The molecule has 1 nitrogen and oxygen atoms in total. The summed E-state index contributed by atoms with van der Waals surface area (Å²) in [6.45, 7) is 8.26. The van der Waals surface area contributed by atoms with Gasteiger partial charge in [-0.1, -0.05) is 20.8 Å². The summed E-state index contributed by atoms with van der Waals surface area (Å²) in [7, 11) is 1.73. The molecule has 0 bridgehead atoms. The highest BCUT2D eigenvalue weighted by atomic mass is 32.3. The molecule has 0 spiro atoms. The topological polar surface area (TPSA) is 12.0 Å². The van der Waals surface area contributed by atoms with Crippen LogP contribution in [0.25, 0.3) is 0 Å². The molecule has 1 N–H and O–H groups in total. The van der Waals surface area contributed by atoms with Gasteiger partial charge in [-0.15, -0.1) is 0 Å². The first-order chi connectivity index (χ1) is 5.56. The van der Waals surface area contributed by atoms with E-state index in [0.29, 0.717) is 0 Å². The predicted molar refractivity (Wildman–Crippen MR) is 62.6 cm³/mol. The van der Waals surface area contributed by atoms with Crippen LogP contribution in [-0.4, -0.2) is 36.6 Å². The summed E-state index contributed by atoms with van der Waals surface area (Å²) >= 11 is 0. The van der Waals surface area contributed by atoms with Crippen LogP contribution < -0.4 is 5.32 Å². The van der Waals surface area contributed by atoms with E-state index in [1.807, 2.05) is 7.05 Å². The van der Waals surface area contributed by atoms with E-state index in [0.717, 1.165) is 5.25 Å². The fourth-order valence-electron chi connectivity index (χ4n) is 1.29. The van der Waals surface area contributed by atoms with E-state index in [-0.39, 0.29) is 10.0 Å². The van der Waals surface area contributed by atoms with Gasteiger partial charge in [-0.3, -0.25) is 0 Å². The van der Waals surface area contributed by atoms with Gasteiger partial charge in [-0.05, 0) is 43.0 Å². The summed E-state index contributed by atoms with van der Waals surface area (Å²) < 4.78 is 0. The van der Waals surface area contributed by atoms with Crippen molar-refractivity contribution in [3.05, 3.63) is 0 Å². The van der Waals surface area contributed by atoms with Crippen molar-refractivity contribution in [2.45, 2.75) is 32.4 Å². The zero-order valence-electron chi connectivity index (χ0n) is 9.31. The van der Waals surface area contributed by atoms with Crippen LogP contribution in [0.5, 0.6) is 0 Å². The molecule has 0 aliphatic heterocycles. The number of rotatable bonds is 6. The maximum absolute atomic E-state index is 3.22. The Hall–Kier alpha value is 0.310. The van der Waals surface area contributed by atoms with E-state index < -0.39 is 0 Å². The highest BCUT2D eigenvalue weighted by molar-refractivity contribution is 8.33. The molecular formula is C10H25NS. The third kappa shape index (κ3) is 3.81. The average molecular weight is 191 g/mol. The zero-order chi connectivity index (χ0) is 9.61. The van der Waals surface area contributed by atoms with Crippen molar-refractivity contribution in [3.63, 3.8) is 0 Å². The molecule has 0 rings (SSSR count). The van der Waals surface area contributed by atoms with E-state index in [1.54, 1.807) is 0 Å². The van der Waals surface area contributed by atoms with Crippen molar-refractivity contribution in [2.24, 2.45) is 0 Å². The summed E-state index contributed by atoms with van der Waals surface area (Å²) in [6.07, 6.45) is 3.84. The number of hydrogen-bond acceptors (Lipinski definition) is 1. The summed E-state index contributed by atoms with van der Waals surface area (Å²) in [6, 6.07) is 0. The standard InChI is InChI=1S/C10H25NS/c1-6-12(5,10(2)3)9-7-8-11-4/h10-11H,6-9H2,1-5H3. The van der Waals surface area contributed by atoms with Crippen molar-refractivity contribution in [3.8, 4) is 0 Å². The molecule has 0 aliphatic rings. The molecule has 1 atom stereocenters. The molecular weight excluding hydrogens is 166 g/mol. The molecule has 1 unspecified atom stereocenters. The molecule has 0 radical (unpaired) electrons. The van der Waals surface area contributed by atoms with Crippen LogP contribution in [0.15, 0.2) is 0 Å². The normalized spacial score (nSPS) is 19.2. The number of hydrogen-bond donors (Lipinski definition) is 1. The maximum Gasteiger partial charge on any atom is -0.00446 e. The van der Waals surface area contributed by atoms with E-state index in [2.05, 4.69) is 32.3 Å². The van der Waals surface area contributed by atoms with Gasteiger partial charge >= 0.3 is 0 Å². The lowest BCUT2D eigenvalue weighted by molar-refractivity contribution is 0.774. The molecule has 0 saturated carbocycles. The Morgan fingerprint density at radius 1 is 1.33 bits per heavy atom. The molecule has 0 heterocycles. The monoisotopic (exact) mass is 191 g/mol. The Labute approximate surface area is 79.6 Å². The quantitative estimate of drug-likeness (QED) is 0.636. The summed E-state index contributed by atoms with van der Waals surface area (Å²) in [5.74, 6) is 2.82. The molecule has 12 heavy (non-hydrogen) atoms. The average Bonchev–Trinajstić information content (AvgIpc) is 2.04. The van der Waals surface area contributed by atoms with Gasteiger partial charge in [0.1, 0.15) is 0 Å². The van der Waals surface area contributed by atoms with Crippen molar-refractivity contribution >= 4 is 10.0 Å². The predicted octanol–water partition coefficient (Wildman–Crippen LogP) is 2.46. The Morgan fingerprint density at radius 2 is 1.92 bits per heavy atom. The minimum Gasteiger partial charge on any atom is -0.320 e. The Bertz CT molecular complexity index is 114. The first kappa shape index (κ1) is 12.3. The van der Waals surface area contributed by atoms with E-state index in [4.69, 9.17) is 0 Å². The zero-order valence-corrected chi connectivity index (χ0v) is 10.1. The molecule has 0 aromatic carbocycles. The van der Waals surface area contributed by atoms with Crippen LogP contribution in [-0.2, 0) is 0 Å². The van der Waals surface area contributed by atoms with Crippen molar-refractivity contribution in [2.75, 3.05) is 31.4 Å². The summed E-state index contributed by atoms with van der Waals surface area (Å²) in [5.41, 5.74) is 0. The smallest absolute Gasteiger partial charge is 0.00446 e. The number of nitrogens with one attached hydrogen (secondary N) is 1.